The number of fused-ring (bicyclic) bond motifs is 2. The lowest BCUT2D eigenvalue weighted by Gasteiger charge is -2.18. The lowest BCUT2D eigenvalue weighted by Crippen LogP contribution is -2.32. The van der Waals surface area contributed by atoms with E-state index in [1.807, 2.05) is 39.8 Å². The van der Waals surface area contributed by atoms with Gasteiger partial charge in [0.25, 0.3) is 11.8 Å². The molecule has 0 radical (unpaired) electrons. The van der Waals surface area contributed by atoms with Crippen LogP contribution in [0.2, 0.25) is 0 Å². The summed E-state index contributed by atoms with van der Waals surface area (Å²) in [5, 5.41) is 31.2. The van der Waals surface area contributed by atoms with Gasteiger partial charge in [0.1, 0.15) is 28.1 Å². The fourth-order valence-corrected chi connectivity index (χ4v) is 6.57. The molecule has 16 nitrogen and oxygen atoms in total. The third kappa shape index (κ3) is 17.9. The number of carbonyl (C=O) groups excluding carboxylic acids is 2. The first kappa shape index (κ1) is 51.6. The topological polar surface area (TPSA) is 236 Å². The normalized spacial score (nSPS) is 11.1. The van der Waals surface area contributed by atoms with E-state index in [9.17, 15) is 19.5 Å². The maximum atomic E-state index is 14.5. The number of carbonyl (C=O) groups is 2. The summed E-state index contributed by atoms with van der Waals surface area (Å²) < 4.78 is 24.3. The van der Waals surface area contributed by atoms with E-state index in [1.54, 1.807) is 0 Å². The van der Waals surface area contributed by atoms with E-state index in [1.165, 1.54) is 19.2 Å². The minimum absolute atomic E-state index is 0.0208. The Morgan fingerprint density at radius 3 is 1.52 bits per heavy atom. The molecule has 2 amide bonds. The maximum absolute atomic E-state index is 14.5. The number of hydrogen-bond donors (Lipinski definition) is 9. The molecule has 0 saturated heterocycles. The van der Waals surface area contributed by atoms with Crippen LogP contribution < -0.4 is 63.0 Å². The van der Waals surface area contributed by atoms with Crippen molar-refractivity contribution in [3.8, 4) is 23.0 Å². The number of benzene rings is 2. The number of phenolic OH excluding ortho intramolecular Hbond substituents is 1. The second kappa shape index (κ2) is 29.6. The Kier molecular flexibility index (Phi) is 24.6. The Balaban J connectivity index is 1.78. The van der Waals surface area contributed by atoms with Crippen LogP contribution in [0.1, 0.15) is 77.3 Å². The van der Waals surface area contributed by atoms with Crippen molar-refractivity contribution in [2.45, 2.75) is 79.1 Å². The van der Waals surface area contributed by atoms with Crippen molar-refractivity contribution in [3.05, 3.63) is 56.8 Å². The van der Waals surface area contributed by atoms with Crippen LogP contribution in [0.15, 0.2) is 44.6 Å². The Labute approximate surface area is 367 Å². The summed E-state index contributed by atoms with van der Waals surface area (Å²) in [6.45, 7) is 16.5. The molecule has 1 heterocycles. The van der Waals surface area contributed by atoms with Crippen molar-refractivity contribution in [2.75, 3.05) is 98.9 Å². The van der Waals surface area contributed by atoms with Crippen LogP contribution in [0, 0.1) is 0 Å². The van der Waals surface area contributed by atoms with Crippen molar-refractivity contribution in [2.24, 2.45) is 11.5 Å². The summed E-state index contributed by atoms with van der Waals surface area (Å²) >= 11 is 0. The van der Waals surface area contributed by atoms with E-state index in [4.69, 9.17) is 30.1 Å². The number of amides is 2. The van der Waals surface area contributed by atoms with Gasteiger partial charge in [0.15, 0.2) is 24.7 Å². The molecule has 346 valence electrons. The Hall–Kier alpha value is -4.71. The number of nitrogens with two attached hydrogens (primary N) is 2. The van der Waals surface area contributed by atoms with Crippen molar-refractivity contribution in [1.82, 2.24) is 31.9 Å². The summed E-state index contributed by atoms with van der Waals surface area (Å²) in [5.74, 6) is -0.201. The first-order valence-corrected chi connectivity index (χ1v) is 22.2. The molecule has 0 unspecified atom stereocenters. The zero-order valence-electron chi connectivity index (χ0n) is 37.8. The van der Waals surface area contributed by atoms with Gasteiger partial charge in [0.05, 0.1) is 12.5 Å². The lowest BCUT2D eigenvalue weighted by atomic mass is 9.98. The fraction of sp³-hybridized carbons (Fsp3) is 0.587. The number of phenols is 1. The summed E-state index contributed by atoms with van der Waals surface area (Å²) in [7, 11) is 1.48. The van der Waals surface area contributed by atoms with Gasteiger partial charge in [-0.1, -0.05) is 23.3 Å². The predicted octanol–water partition coefficient (Wildman–Crippen LogP) is 3.28. The number of hydrogen-bond acceptors (Lipinski definition) is 14. The third-order valence-electron chi connectivity index (χ3n) is 9.90. The van der Waals surface area contributed by atoms with E-state index in [0.717, 1.165) is 102 Å². The molecule has 0 aliphatic heterocycles. The summed E-state index contributed by atoms with van der Waals surface area (Å²) in [4.78, 5) is 40.2. The highest BCUT2D eigenvalue weighted by molar-refractivity contribution is 5.98. The van der Waals surface area contributed by atoms with E-state index in [0.29, 0.717) is 43.7 Å². The fourth-order valence-electron chi connectivity index (χ4n) is 6.57. The van der Waals surface area contributed by atoms with Crippen molar-refractivity contribution < 1.29 is 33.3 Å². The second-order valence-corrected chi connectivity index (χ2v) is 15.7. The number of methoxy groups -OCH3 is 1. The van der Waals surface area contributed by atoms with E-state index in [-0.39, 0.29) is 76.4 Å². The monoisotopic (exact) mass is 867 g/mol. The molecule has 11 N–H and O–H groups in total. The van der Waals surface area contributed by atoms with Gasteiger partial charge in [-0.2, -0.15) is 0 Å². The highest BCUT2D eigenvalue weighted by atomic mass is 16.5. The van der Waals surface area contributed by atoms with Crippen LogP contribution in [-0.2, 0) is 22.4 Å². The van der Waals surface area contributed by atoms with Gasteiger partial charge in [0, 0.05) is 36.3 Å². The lowest BCUT2D eigenvalue weighted by molar-refractivity contribution is -0.123. The van der Waals surface area contributed by atoms with Gasteiger partial charge in [0.2, 0.25) is 5.43 Å². The van der Waals surface area contributed by atoms with E-state index < -0.39 is 5.43 Å². The molecule has 62 heavy (non-hydrogen) atoms. The number of ether oxygens (including phenoxy) is 3. The Morgan fingerprint density at radius 2 is 1.05 bits per heavy atom. The highest BCUT2D eigenvalue weighted by Gasteiger charge is 2.25. The molecule has 1 aromatic heterocycles. The van der Waals surface area contributed by atoms with Gasteiger partial charge in [-0.05, 0) is 145 Å². The van der Waals surface area contributed by atoms with Gasteiger partial charge < -0.3 is 67.1 Å². The molecule has 3 aromatic rings. The van der Waals surface area contributed by atoms with Gasteiger partial charge in [-0.3, -0.25) is 14.4 Å². The summed E-state index contributed by atoms with van der Waals surface area (Å²) in [5.41, 5.74) is 13.7. The van der Waals surface area contributed by atoms with E-state index in [2.05, 4.69) is 31.9 Å². The average molecular weight is 867 g/mol. The summed E-state index contributed by atoms with van der Waals surface area (Å²) in [6.07, 6.45) is 9.84. The first-order valence-electron chi connectivity index (χ1n) is 22.2. The smallest absolute Gasteiger partial charge is 0.257 e. The molecule has 0 atom stereocenters. The maximum Gasteiger partial charge on any atom is 0.257 e. The standard InChI is InChI=1S/C46H74N8O8/c1-32(2)12-14-34-36(60-30-40(55)53-26-10-24-51-22-8-20-49-18-6-16-47)28-38-43(44(34)57)45(58)42-35(15-13-33(3)4)46(59-5)39(29-37(42)62-38)61-31-41(56)54-27-11-25-52-23-9-21-50-19-7-17-48/h12-13,28-29,49-52,57H,6-11,14-27,30-31,47-48H2,1-5H3,(H,53,55)(H,54,56). The molecule has 0 saturated carbocycles. The minimum Gasteiger partial charge on any atom is -0.507 e. The number of nitrogens with one attached hydrogen (secondary N) is 6. The van der Waals surface area contributed by atoms with Crippen LogP contribution in [-0.4, -0.2) is 116 Å². The Bertz CT molecular complexity index is 1960. The van der Waals surface area contributed by atoms with Crippen LogP contribution in [0.3, 0.4) is 0 Å². The molecule has 0 bridgehead atoms. The van der Waals surface area contributed by atoms with Gasteiger partial charge in [-0.15, -0.1) is 0 Å². The molecule has 0 spiro atoms. The molecular weight excluding hydrogens is 793 g/mol. The first-order chi connectivity index (χ1) is 30.0. The average Bonchev–Trinajstić information content (AvgIpc) is 3.24. The van der Waals surface area contributed by atoms with E-state index >= 15 is 0 Å². The number of allylic oxidation sites excluding steroid dienone is 4. The largest absolute Gasteiger partial charge is 0.507 e. The quantitative estimate of drug-likeness (QED) is 0.0243. The molecule has 0 aliphatic carbocycles. The molecule has 16 heteroatoms. The minimum atomic E-state index is -0.464. The third-order valence-corrected chi connectivity index (χ3v) is 9.90. The zero-order chi connectivity index (χ0) is 45.1. The van der Waals surface area contributed by atoms with Crippen LogP contribution >= 0.6 is 0 Å². The number of rotatable bonds is 33. The SMILES string of the molecule is COc1c(OCC(=O)NCCCNCCCNCCCN)cc2oc3cc(OCC(=O)NCCCNCCCNCCCN)c(CC=C(C)C)c(O)c3c(=O)c2c1CC=C(C)C. The van der Waals surface area contributed by atoms with Crippen molar-refractivity contribution >= 4 is 33.8 Å². The van der Waals surface area contributed by atoms with Crippen molar-refractivity contribution in [1.29, 1.82) is 0 Å². The second-order valence-electron chi connectivity index (χ2n) is 15.7. The molecule has 2 aromatic carbocycles. The van der Waals surface area contributed by atoms with Crippen LogP contribution in [0.4, 0.5) is 0 Å². The Morgan fingerprint density at radius 1 is 0.629 bits per heavy atom. The van der Waals surface area contributed by atoms with Crippen molar-refractivity contribution in [3.63, 3.8) is 0 Å². The molecule has 0 fully saturated rings. The highest BCUT2D eigenvalue weighted by Crippen LogP contribution is 2.41. The van der Waals surface area contributed by atoms with Crippen LogP contribution in [0.25, 0.3) is 21.9 Å². The van der Waals surface area contributed by atoms with Gasteiger partial charge >= 0.3 is 0 Å². The number of aromatic hydroxyl groups is 1. The molecular formula is C46H74N8O8. The molecule has 3 rings (SSSR count). The predicted molar refractivity (Wildman–Crippen MR) is 249 cm³/mol. The molecule has 0 aliphatic rings. The van der Waals surface area contributed by atoms with Gasteiger partial charge in [-0.25, -0.2) is 0 Å². The summed E-state index contributed by atoms with van der Waals surface area (Å²) in [6, 6.07) is 3.07. The zero-order valence-corrected chi connectivity index (χ0v) is 37.8. The van der Waals surface area contributed by atoms with Crippen LogP contribution in [0.5, 0.6) is 23.0 Å².